The average molecular weight is 370 g/mol. The zero-order chi connectivity index (χ0) is 17.6. The van der Waals surface area contributed by atoms with E-state index in [4.69, 9.17) is 16.3 Å². The lowest BCUT2D eigenvalue weighted by atomic mass is 10.2. The number of fused-ring (bicyclic) bond motifs is 1. The van der Waals surface area contributed by atoms with Crippen molar-refractivity contribution in [2.45, 2.75) is 19.1 Å². The number of benzene rings is 1. The molecule has 25 heavy (non-hydrogen) atoms. The van der Waals surface area contributed by atoms with Gasteiger partial charge < -0.3 is 10.1 Å². The maximum atomic E-state index is 13.9. The highest BCUT2D eigenvalue weighted by Crippen LogP contribution is 2.31. The quantitative estimate of drug-likeness (QED) is 0.559. The van der Waals surface area contributed by atoms with Crippen LogP contribution < -0.4 is 5.32 Å². The summed E-state index contributed by atoms with van der Waals surface area (Å²) in [4.78, 5) is 12.3. The Morgan fingerprint density at radius 2 is 2.04 bits per heavy atom. The molecule has 130 valence electrons. The molecule has 3 aromatic rings. The Hall–Kier alpha value is -2.39. The van der Waals surface area contributed by atoms with Crippen molar-refractivity contribution < 1.29 is 17.9 Å². The summed E-state index contributed by atoms with van der Waals surface area (Å²) >= 11 is 5.95. The summed E-state index contributed by atoms with van der Waals surface area (Å²) in [5.41, 5.74) is 0.419. The van der Waals surface area contributed by atoms with Gasteiger partial charge in [-0.15, -0.1) is 0 Å². The second-order valence-electron chi connectivity index (χ2n) is 5.48. The first-order chi connectivity index (χ1) is 12.0. The van der Waals surface area contributed by atoms with Crippen molar-refractivity contribution in [1.82, 2.24) is 19.5 Å². The highest BCUT2D eigenvalue weighted by atomic mass is 35.5. The first kappa shape index (κ1) is 16.1. The molecule has 1 saturated heterocycles. The molecular formula is C15H11ClF3N5O. The Morgan fingerprint density at radius 1 is 1.20 bits per heavy atom. The van der Waals surface area contributed by atoms with E-state index in [-0.39, 0.29) is 23.0 Å². The van der Waals surface area contributed by atoms with Crippen LogP contribution in [0.3, 0.4) is 0 Å². The summed E-state index contributed by atoms with van der Waals surface area (Å²) in [6.07, 6.45) is 3.02. The maximum Gasteiger partial charge on any atom is 0.226 e. The highest BCUT2D eigenvalue weighted by molar-refractivity contribution is 6.28. The number of nitrogens with zero attached hydrogens (tertiary/aromatic N) is 4. The summed E-state index contributed by atoms with van der Waals surface area (Å²) < 4.78 is 47.7. The van der Waals surface area contributed by atoms with Crippen LogP contribution in [0.5, 0.6) is 0 Å². The van der Waals surface area contributed by atoms with E-state index < -0.39 is 17.5 Å². The minimum Gasteiger partial charge on any atom is -0.358 e. The standard InChI is InChI=1S/C15H11ClF3N5O/c16-15-22-13(21-8-4-3-7(17)10(18)11(8)19)12-14(23-15)24(6-20-12)9-2-1-5-25-9/h3-4,6,9H,1-2,5H2,(H,21,22,23). The molecule has 1 aliphatic heterocycles. The number of nitrogens with one attached hydrogen (secondary N) is 1. The Bertz CT molecular complexity index is 958. The van der Waals surface area contributed by atoms with Gasteiger partial charge in [0.15, 0.2) is 34.4 Å². The van der Waals surface area contributed by atoms with Crippen molar-refractivity contribution >= 4 is 34.3 Å². The highest BCUT2D eigenvalue weighted by Gasteiger charge is 2.23. The van der Waals surface area contributed by atoms with Gasteiger partial charge in [-0.25, -0.2) is 18.2 Å². The van der Waals surface area contributed by atoms with E-state index in [2.05, 4.69) is 20.3 Å². The van der Waals surface area contributed by atoms with Gasteiger partial charge >= 0.3 is 0 Å². The van der Waals surface area contributed by atoms with Gasteiger partial charge in [-0.3, -0.25) is 4.57 Å². The normalized spacial score (nSPS) is 17.4. The molecular weight excluding hydrogens is 359 g/mol. The lowest BCUT2D eigenvalue weighted by Crippen LogP contribution is -2.07. The second kappa shape index (κ2) is 6.16. The van der Waals surface area contributed by atoms with Crippen LogP contribution in [0, 0.1) is 17.5 Å². The number of hydrogen-bond donors (Lipinski definition) is 1. The average Bonchev–Trinajstić information content (AvgIpc) is 3.24. The smallest absolute Gasteiger partial charge is 0.226 e. The molecule has 0 aliphatic carbocycles. The zero-order valence-corrected chi connectivity index (χ0v) is 13.4. The molecule has 10 heteroatoms. The van der Waals surface area contributed by atoms with Crippen molar-refractivity contribution in [2.24, 2.45) is 0 Å². The topological polar surface area (TPSA) is 64.9 Å². The molecule has 6 nitrogen and oxygen atoms in total. The van der Waals surface area contributed by atoms with E-state index in [9.17, 15) is 13.2 Å². The maximum absolute atomic E-state index is 13.9. The largest absolute Gasteiger partial charge is 0.358 e. The number of ether oxygens (including phenoxy) is 1. The molecule has 0 amide bonds. The number of rotatable bonds is 3. The molecule has 1 unspecified atom stereocenters. The van der Waals surface area contributed by atoms with Crippen LogP contribution in [0.25, 0.3) is 11.2 Å². The third-order valence-electron chi connectivity index (χ3n) is 3.90. The van der Waals surface area contributed by atoms with Crippen molar-refractivity contribution in [3.63, 3.8) is 0 Å². The fourth-order valence-corrected chi connectivity index (χ4v) is 2.88. The summed E-state index contributed by atoms with van der Waals surface area (Å²) in [5.74, 6) is -4.14. The van der Waals surface area contributed by atoms with Crippen LogP contribution >= 0.6 is 11.6 Å². The third-order valence-corrected chi connectivity index (χ3v) is 4.07. The summed E-state index contributed by atoms with van der Waals surface area (Å²) in [6.45, 7) is 0.633. The zero-order valence-electron chi connectivity index (χ0n) is 12.6. The van der Waals surface area contributed by atoms with Gasteiger partial charge in [0.2, 0.25) is 5.28 Å². The number of hydrogen-bond acceptors (Lipinski definition) is 5. The predicted molar refractivity (Wildman–Crippen MR) is 84.2 cm³/mol. The van der Waals surface area contributed by atoms with Crippen LogP contribution in [-0.4, -0.2) is 26.1 Å². The SMILES string of the molecule is Fc1ccc(Nc2nc(Cl)nc3c2ncn3C2CCCO2)c(F)c1F. The lowest BCUT2D eigenvalue weighted by molar-refractivity contribution is 0.0593. The molecule has 4 rings (SSSR count). The molecule has 1 fully saturated rings. The summed E-state index contributed by atoms with van der Waals surface area (Å²) in [7, 11) is 0. The molecule has 1 aromatic carbocycles. The van der Waals surface area contributed by atoms with Crippen LogP contribution in [0.4, 0.5) is 24.7 Å². The van der Waals surface area contributed by atoms with Gasteiger partial charge in [0, 0.05) is 6.61 Å². The molecule has 0 radical (unpaired) electrons. The number of imidazole rings is 1. The van der Waals surface area contributed by atoms with Gasteiger partial charge in [0.25, 0.3) is 0 Å². The van der Waals surface area contributed by atoms with E-state index in [0.29, 0.717) is 17.8 Å². The van der Waals surface area contributed by atoms with Crippen molar-refractivity contribution in [3.05, 3.63) is 41.2 Å². The fourth-order valence-electron chi connectivity index (χ4n) is 2.72. The van der Waals surface area contributed by atoms with E-state index in [0.717, 1.165) is 25.0 Å². The van der Waals surface area contributed by atoms with Gasteiger partial charge in [0.05, 0.1) is 12.0 Å². The monoisotopic (exact) mass is 369 g/mol. The van der Waals surface area contributed by atoms with Gasteiger partial charge in [-0.2, -0.15) is 9.97 Å². The first-order valence-electron chi connectivity index (χ1n) is 7.47. The Morgan fingerprint density at radius 3 is 2.80 bits per heavy atom. The molecule has 1 aliphatic rings. The van der Waals surface area contributed by atoms with Crippen LogP contribution in [0.1, 0.15) is 19.1 Å². The summed E-state index contributed by atoms with van der Waals surface area (Å²) in [6, 6.07) is 1.87. The van der Waals surface area contributed by atoms with Gasteiger partial charge in [-0.1, -0.05) is 0 Å². The minimum atomic E-state index is -1.58. The lowest BCUT2D eigenvalue weighted by Gasteiger charge is -2.12. The van der Waals surface area contributed by atoms with Crippen LogP contribution in [0.2, 0.25) is 5.28 Å². The van der Waals surface area contributed by atoms with Crippen LogP contribution in [0.15, 0.2) is 18.5 Å². The van der Waals surface area contributed by atoms with E-state index in [1.165, 1.54) is 6.33 Å². The number of aromatic nitrogens is 4. The van der Waals surface area contributed by atoms with E-state index >= 15 is 0 Å². The Labute approximate surface area is 144 Å². The molecule has 0 spiro atoms. The third kappa shape index (κ3) is 2.79. The molecule has 1 N–H and O–H groups in total. The van der Waals surface area contributed by atoms with E-state index in [1.54, 1.807) is 4.57 Å². The molecule has 3 heterocycles. The minimum absolute atomic E-state index is 0.0802. The van der Waals surface area contributed by atoms with Crippen LogP contribution in [-0.2, 0) is 4.74 Å². The summed E-state index contributed by atoms with van der Waals surface area (Å²) in [5, 5.41) is 2.49. The fraction of sp³-hybridized carbons (Fsp3) is 0.267. The van der Waals surface area contributed by atoms with Crippen molar-refractivity contribution in [2.75, 3.05) is 11.9 Å². The molecule has 2 aromatic heterocycles. The van der Waals surface area contributed by atoms with E-state index in [1.807, 2.05) is 0 Å². The number of halogens is 4. The number of anilines is 2. The first-order valence-corrected chi connectivity index (χ1v) is 7.84. The second-order valence-corrected chi connectivity index (χ2v) is 5.82. The molecule has 1 atom stereocenters. The Kier molecular flexibility index (Phi) is 3.97. The van der Waals surface area contributed by atoms with Crippen molar-refractivity contribution in [3.8, 4) is 0 Å². The molecule has 0 bridgehead atoms. The molecule has 0 saturated carbocycles. The van der Waals surface area contributed by atoms with Gasteiger partial charge in [0.1, 0.15) is 6.23 Å². The Balaban J connectivity index is 1.79. The predicted octanol–water partition coefficient (Wildman–Crippen LogP) is 3.95. The van der Waals surface area contributed by atoms with Gasteiger partial charge in [-0.05, 0) is 36.6 Å². The van der Waals surface area contributed by atoms with Crippen molar-refractivity contribution in [1.29, 1.82) is 0 Å².